The van der Waals surface area contributed by atoms with Gasteiger partial charge in [-0.3, -0.25) is 0 Å². The fourth-order valence-electron chi connectivity index (χ4n) is 3.37. The second kappa shape index (κ2) is 9.47. The van der Waals surface area contributed by atoms with Gasteiger partial charge in [-0.15, -0.1) is 0 Å². The number of anilines is 4. The molecular formula is C18H34N8. The van der Waals surface area contributed by atoms with E-state index in [4.69, 9.17) is 5.73 Å². The highest BCUT2D eigenvalue weighted by Gasteiger charge is 2.19. The number of unbranched alkanes of at least 4 members (excludes halogenated alkanes) is 2. The van der Waals surface area contributed by atoms with E-state index in [0.29, 0.717) is 5.82 Å². The zero-order chi connectivity index (χ0) is 19.1. The van der Waals surface area contributed by atoms with Crippen LogP contribution in [0.4, 0.5) is 23.3 Å². The second-order valence-electron chi connectivity index (χ2n) is 6.34. The van der Waals surface area contributed by atoms with Crippen molar-refractivity contribution < 1.29 is 0 Å². The largest absolute Gasteiger partial charge is 0.383 e. The number of fused-ring (bicyclic) bond motifs is 1. The third kappa shape index (κ3) is 4.12. The van der Waals surface area contributed by atoms with Crippen LogP contribution in [-0.2, 0) is 6.54 Å². The maximum absolute atomic E-state index is 6.15. The Balaban J connectivity index is 2.21. The molecule has 2 rings (SSSR count). The molecule has 2 heterocycles. The Morgan fingerprint density at radius 3 is 2.27 bits per heavy atom. The fraction of sp³-hybridized carbons (Fsp3) is 0.667. The molecule has 2 aromatic heterocycles. The number of nitrogens with one attached hydrogen (secondary N) is 3. The molecule has 0 aromatic carbocycles. The predicted octanol–water partition coefficient (Wildman–Crippen LogP) is 2.65. The van der Waals surface area contributed by atoms with E-state index in [1.165, 1.54) is 19.4 Å². The number of nitrogens with two attached hydrogens (primary N) is 1. The zero-order valence-electron chi connectivity index (χ0n) is 16.8. The van der Waals surface area contributed by atoms with Crippen molar-refractivity contribution >= 4 is 34.3 Å². The summed E-state index contributed by atoms with van der Waals surface area (Å²) >= 11 is 0. The van der Waals surface area contributed by atoms with E-state index in [-0.39, 0.29) is 0 Å². The third-order valence-corrected chi connectivity index (χ3v) is 4.88. The topological polar surface area (TPSA) is 96.1 Å². The summed E-state index contributed by atoms with van der Waals surface area (Å²) in [6, 6.07) is 0. The summed E-state index contributed by atoms with van der Waals surface area (Å²) in [6.45, 7) is 8.74. The van der Waals surface area contributed by atoms with Crippen LogP contribution in [0.2, 0.25) is 0 Å². The van der Waals surface area contributed by atoms with Crippen molar-refractivity contribution in [3.05, 3.63) is 0 Å². The molecule has 0 atom stereocenters. The summed E-state index contributed by atoms with van der Waals surface area (Å²) < 4.78 is 2.21. The van der Waals surface area contributed by atoms with Gasteiger partial charge in [-0.05, 0) is 32.5 Å². The second-order valence-corrected chi connectivity index (χ2v) is 6.34. The molecule has 146 valence electrons. The number of hydrogen-bond donors (Lipinski definition) is 4. The molecule has 0 radical (unpaired) electrons. The molecule has 0 amide bonds. The number of nitrogens with zero attached hydrogens (tertiary/aromatic N) is 4. The molecule has 0 saturated heterocycles. The molecule has 8 nitrogen and oxygen atoms in total. The van der Waals surface area contributed by atoms with Gasteiger partial charge >= 0.3 is 0 Å². The molecule has 2 aromatic rings. The average molecular weight is 363 g/mol. The van der Waals surface area contributed by atoms with Gasteiger partial charge < -0.3 is 31.2 Å². The minimum Gasteiger partial charge on any atom is -0.383 e. The highest BCUT2D eigenvalue weighted by Crippen LogP contribution is 2.34. The van der Waals surface area contributed by atoms with E-state index in [2.05, 4.69) is 49.2 Å². The summed E-state index contributed by atoms with van der Waals surface area (Å²) in [5.41, 5.74) is 8.80. The molecule has 0 aliphatic rings. The first-order chi connectivity index (χ1) is 12.6. The monoisotopic (exact) mass is 362 g/mol. The van der Waals surface area contributed by atoms with Crippen molar-refractivity contribution in [2.24, 2.45) is 0 Å². The van der Waals surface area contributed by atoms with Crippen molar-refractivity contribution in [2.75, 3.05) is 62.5 Å². The molecule has 0 saturated carbocycles. The quantitative estimate of drug-likeness (QED) is 0.456. The van der Waals surface area contributed by atoms with Crippen LogP contribution < -0.4 is 21.7 Å². The first kappa shape index (κ1) is 20.1. The molecular weight excluding hydrogens is 328 g/mol. The predicted molar refractivity (Wildman–Crippen MR) is 112 cm³/mol. The number of aromatic nitrogens is 3. The summed E-state index contributed by atoms with van der Waals surface area (Å²) in [5.74, 6) is 2.00. The van der Waals surface area contributed by atoms with Gasteiger partial charge in [0.15, 0.2) is 11.6 Å². The van der Waals surface area contributed by atoms with Crippen molar-refractivity contribution in [3.63, 3.8) is 0 Å². The molecule has 0 unspecified atom stereocenters. The molecule has 8 heteroatoms. The Morgan fingerprint density at radius 2 is 1.69 bits per heavy atom. The number of hydrogen-bond acceptors (Lipinski definition) is 7. The Bertz CT molecular complexity index is 705. The Hall–Kier alpha value is -2.22. The number of aryl methyl sites for hydroxylation is 1. The van der Waals surface area contributed by atoms with Crippen LogP contribution in [0, 0.1) is 0 Å². The van der Waals surface area contributed by atoms with E-state index in [9.17, 15) is 0 Å². The van der Waals surface area contributed by atoms with Crippen molar-refractivity contribution in [3.8, 4) is 0 Å². The first-order valence-corrected chi connectivity index (χ1v) is 9.56. The zero-order valence-corrected chi connectivity index (χ0v) is 16.8. The minimum atomic E-state index is 0.445. The van der Waals surface area contributed by atoms with Gasteiger partial charge in [0, 0.05) is 27.7 Å². The maximum atomic E-state index is 6.15. The lowest BCUT2D eigenvalue weighted by molar-refractivity contribution is 0.295. The Morgan fingerprint density at radius 1 is 0.962 bits per heavy atom. The normalized spacial score (nSPS) is 11.3. The summed E-state index contributed by atoms with van der Waals surface area (Å²) in [4.78, 5) is 11.5. The van der Waals surface area contributed by atoms with Crippen LogP contribution in [0.1, 0.15) is 33.1 Å². The van der Waals surface area contributed by atoms with Gasteiger partial charge in [0.05, 0.1) is 0 Å². The summed E-state index contributed by atoms with van der Waals surface area (Å²) in [5, 5.41) is 9.56. The molecule has 0 spiro atoms. The smallest absolute Gasteiger partial charge is 0.203 e. The van der Waals surface area contributed by atoms with E-state index < -0.39 is 0 Å². The minimum absolute atomic E-state index is 0.445. The van der Waals surface area contributed by atoms with Crippen LogP contribution in [0.3, 0.4) is 0 Å². The average Bonchev–Trinajstić information content (AvgIpc) is 3.03. The molecule has 0 aliphatic heterocycles. The Kier molecular flexibility index (Phi) is 7.32. The molecule has 26 heavy (non-hydrogen) atoms. The molecule has 0 fully saturated rings. The summed E-state index contributed by atoms with van der Waals surface area (Å²) in [6.07, 6.45) is 3.50. The third-order valence-electron chi connectivity index (χ3n) is 4.88. The number of pyridine rings is 1. The lowest BCUT2D eigenvalue weighted by Crippen LogP contribution is -2.23. The molecule has 0 aliphatic carbocycles. The van der Waals surface area contributed by atoms with E-state index >= 15 is 0 Å². The lowest BCUT2D eigenvalue weighted by atomic mass is 10.2. The van der Waals surface area contributed by atoms with E-state index in [1.54, 1.807) is 0 Å². The van der Waals surface area contributed by atoms with Gasteiger partial charge in [0.25, 0.3) is 0 Å². The van der Waals surface area contributed by atoms with Crippen LogP contribution in [0.15, 0.2) is 0 Å². The molecule has 5 N–H and O–H groups in total. The standard InChI is InChI=1S/C18H34N8/c1-6-25(7-2)11-9-8-10-12-26-15-13(23-18(26)22-5)16(19)24-17(21-4)14(15)20-3/h20H,6-12H2,1-5H3,(H,22,23)(H3,19,21,24). The van der Waals surface area contributed by atoms with Crippen LogP contribution in [0.25, 0.3) is 11.0 Å². The highest BCUT2D eigenvalue weighted by molar-refractivity contribution is 6.01. The lowest BCUT2D eigenvalue weighted by Gasteiger charge is -2.18. The van der Waals surface area contributed by atoms with Crippen LogP contribution in [0.5, 0.6) is 0 Å². The van der Waals surface area contributed by atoms with Crippen LogP contribution >= 0.6 is 0 Å². The number of nitrogen functional groups attached to an aromatic ring is 1. The van der Waals surface area contributed by atoms with Gasteiger partial charge in [0.1, 0.15) is 16.7 Å². The maximum Gasteiger partial charge on any atom is 0.203 e. The van der Waals surface area contributed by atoms with Crippen LogP contribution in [-0.4, -0.2) is 60.2 Å². The van der Waals surface area contributed by atoms with Crippen molar-refractivity contribution in [2.45, 2.75) is 39.7 Å². The Labute approximate surface area is 156 Å². The van der Waals surface area contributed by atoms with Gasteiger partial charge in [-0.25, -0.2) is 9.97 Å². The number of imidazole rings is 1. The fourth-order valence-corrected chi connectivity index (χ4v) is 3.37. The van der Waals surface area contributed by atoms with Gasteiger partial charge in [-0.2, -0.15) is 0 Å². The molecule has 0 bridgehead atoms. The van der Waals surface area contributed by atoms with Gasteiger partial charge in [0.2, 0.25) is 5.95 Å². The van der Waals surface area contributed by atoms with Gasteiger partial charge in [-0.1, -0.05) is 20.3 Å². The first-order valence-electron chi connectivity index (χ1n) is 9.56. The van der Waals surface area contributed by atoms with Crippen molar-refractivity contribution in [1.29, 1.82) is 0 Å². The number of rotatable bonds is 11. The summed E-state index contributed by atoms with van der Waals surface area (Å²) in [7, 11) is 5.63. The van der Waals surface area contributed by atoms with E-state index in [0.717, 1.165) is 54.5 Å². The SMILES string of the molecule is CCN(CC)CCCCCn1c(NC)nc2c(N)nc(NC)c(NC)c21. The van der Waals surface area contributed by atoms with E-state index in [1.807, 2.05) is 21.1 Å². The highest BCUT2D eigenvalue weighted by atomic mass is 15.2. The van der Waals surface area contributed by atoms with Crippen molar-refractivity contribution in [1.82, 2.24) is 19.4 Å².